The van der Waals surface area contributed by atoms with Gasteiger partial charge in [-0.3, -0.25) is 0 Å². The molecule has 0 aliphatic heterocycles. The number of alkyl carbamates (subject to hydrolysis) is 1. The molecule has 0 aliphatic rings. The molecule has 0 spiro atoms. The quantitative estimate of drug-likeness (QED) is 0.521. The van der Waals surface area contributed by atoms with E-state index >= 15 is 0 Å². The maximum Gasteiger partial charge on any atom is 0.407 e. The Hall–Kier alpha value is -0.530. The van der Waals surface area contributed by atoms with Crippen LogP contribution in [0, 0.1) is 0 Å². The van der Waals surface area contributed by atoms with E-state index < -0.39 is 17.3 Å². The zero-order chi connectivity index (χ0) is 16.8. The van der Waals surface area contributed by atoms with E-state index in [-0.39, 0.29) is 0 Å². The molecule has 1 amide bonds. The standard InChI is InChI=1S/C16H23ClINO3/c1-15(2,3)22-14(20)19-11-16(4,10-18)21-9-12-5-7-13(17)8-6-12/h5-8H,9-11H2,1-4H3,(H,19,20). The van der Waals surface area contributed by atoms with E-state index in [4.69, 9.17) is 21.1 Å². The molecule has 4 nitrogen and oxygen atoms in total. The van der Waals surface area contributed by atoms with E-state index in [0.717, 1.165) is 9.99 Å². The number of rotatable bonds is 6. The predicted molar refractivity (Wildman–Crippen MR) is 97.8 cm³/mol. The van der Waals surface area contributed by atoms with E-state index in [1.807, 2.05) is 52.0 Å². The number of nitrogens with one attached hydrogen (secondary N) is 1. The predicted octanol–water partition coefficient (Wildman–Crippen LogP) is 4.58. The van der Waals surface area contributed by atoms with Crippen molar-refractivity contribution in [2.24, 2.45) is 0 Å². The summed E-state index contributed by atoms with van der Waals surface area (Å²) in [7, 11) is 0. The molecule has 1 aromatic rings. The van der Waals surface area contributed by atoms with Crippen molar-refractivity contribution in [1.29, 1.82) is 0 Å². The Labute approximate surface area is 151 Å². The van der Waals surface area contributed by atoms with Gasteiger partial charge < -0.3 is 14.8 Å². The van der Waals surface area contributed by atoms with Crippen LogP contribution in [-0.2, 0) is 16.1 Å². The van der Waals surface area contributed by atoms with Crippen molar-refractivity contribution in [2.45, 2.75) is 45.5 Å². The average Bonchev–Trinajstić information content (AvgIpc) is 2.43. The number of ether oxygens (including phenoxy) is 2. The molecule has 1 atom stereocenters. The van der Waals surface area contributed by atoms with E-state index in [1.54, 1.807) is 0 Å². The van der Waals surface area contributed by atoms with Crippen LogP contribution in [0.3, 0.4) is 0 Å². The van der Waals surface area contributed by atoms with Gasteiger partial charge in [0.2, 0.25) is 0 Å². The summed E-state index contributed by atoms with van der Waals surface area (Å²) >= 11 is 8.11. The third-order valence-electron chi connectivity index (χ3n) is 2.79. The van der Waals surface area contributed by atoms with Gasteiger partial charge in [-0.1, -0.05) is 46.3 Å². The van der Waals surface area contributed by atoms with Crippen molar-refractivity contribution in [3.63, 3.8) is 0 Å². The highest BCUT2D eigenvalue weighted by atomic mass is 127. The van der Waals surface area contributed by atoms with E-state index in [1.165, 1.54) is 0 Å². The molecular formula is C16H23ClINO3. The Morgan fingerprint density at radius 3 is 2.32 bits per heavy atom. The molecule has 22 heavy (non-hydrogen) atoms. The summed E-state index contributed by atoms with van der Waals surface area (Å²) in [5, 5.41) is 3.46. The minimum absolute atomic E-state index is 0.387. The third kappa shape index (κ3) is 7.65. The Kier molecular flexibility index (Phi) is 7.41. The lowest BCUT2D eigenvalue weighted by Gasteiger charge is -2.29. The first-order valence-electron chi connectivity index (χ1n) is 7.05. The second kappa shape index (κ2) is 8.36. The number of benzene rings is 1. The second-order valence-corrected chi connectivity index (χ2v) is 7.55. The summed E-state index contributed by atoms with van der Waals surface area (Å²) in [6.45, 7) is 8.32. The topological polar surface area (TPSA) is 47.6 Å². The molecule has 0 saturated heterocycles. The SMILES string of the molecule is CC(C)(C)OC(=O)NCC(C)(CI)OCc1ccc(Cl)cc1. The van der Waals surface area contributed by atoms with Gasteiger partial charge in [-0.15, -0.1) is 0 Å². The summed E-state index contributed by atoms with van der Waals surface area (Å²) in [6.07, 6.45) is -0.432. The summed E-state index contributed by atoms with van der Waals surface area (Å²) < 4.78 is 11.9. The lowest BCUT2D eigenvalue weighted by atomic mass is 10.1. The summed E-state index contributed by atoms with van der Waals surface area (Å²) in [5.41, 5.74) is 0.0734. The van der Waals surface area contributed by atoms with Gasteiger partial charge in [0.1, 0.15) is 5.60 Å². The Morgan fingerprint density at radius 1 is 1.23 bits per heavy atom. The fourth-order valence-electron chi connectivity index (χ4n) is 1.55. The van der Waals surface area contributed by atoms with Crippen LogP contribution >= 0.6 is 34.2 Å². The van der Waals surface area contributed by atoms with Crippen LogP contribution in [0.5, 0.6) is 0 Å². The van der Waals surface area contributed by atoms with Gasteiger partial charge in [0.05, 0.1) is 18.8 Å². The normalized spacial score (nSPS) is 14.3. The van der Waals surface area contributed by atoms with Gasteiger partial charge in [-0.2, -0.15) is 0 Å². The van der Waals surface area contributed by atoms with E-state index in [9.17, 15) is 4.79 Å². The van der Waals surface area contributed by atoms with Gasteiger partial charge in [0.25, 0.3) is 0 Å². The van der Waals surface area contributed by atoms with E-state index in [0.29, 0.717) is 18.2 Å². The van der Waals surface area contributed by atoms with Gasteiger partial charge in [0.15, 0.2) is 0 Å². The molecule has 1 aromatic carbocycles. The molecule has 1 rings (SSSR count). The van der Waals surface area contributed by atoms with Gasteiger partial charge in [-0.25, -0.2) is 4.79 Å². The fourth-order valence-corrected chi connectivity index (χ4v) is 2.16. The number of hydrogen-bond acceptors (Lipinski definition) is 3. The minimum atomic E-state index is -0.505. The van der Waals surface area contributed by atoms with Crippen LogP contribution in [-0.4, -0.2) is 28.3 Å². The molecule has 0 radical (unpaired) electrons. The van der Waals surface area contributed by atoms with Crippen molar-refractivity contribution in [3.8, 4) is 0 Å². The summed E-state index contributed by atoms with van der Waals surface area (Å²) in [4.78, 5) is 11.7. The largest absolute Gasteiger partial charge is 0.444 e. The Morgan fingerprint density at radius 2 is 1.82 bits per heavy atom. The fraction of sp³-hybridized carbons (Fsp3) is 0.562. The number of amides is 1. The van der Waals surface area contributed by atoms with Crippen molar-refractivity contribution >= 4 is 40.3 Å². The van der Waals surface area contributed by atoms with Gasteiger partial charge in [-0.05, 0) is 45.4 Å². The highest BCUT2D eigenvalue weighted by molar-refractivity contribution is 14.1. The second-order valence-electron chi connectivity index (χ2n) is 6.35. The Bertz CT molecular complexity index is 487. The number of carbonyl (C=O) groups is 1. The zero-order valence-corrected chi connectivity index (χ0v) is 16.3. The molecule has 0 heterocycles. The van der Waals surface area contributed by atoms with Crippen molar-refractivity contribution in [3.05, 3.63) is 34.9 Å². The number of carbonyl (C=O) groups excluding carboxylic acids is 1. The van der Waals surface area contributed by atoms with Crippen LogP contribution in [0.4, 0.5) is 4.79 Å². The first kappa shape index (κ1) is 19.5. The minimum Gasteiger partial charge on any atom is -0.444 e. The van der Waals surface area contributed by atoms with Crippen LogP contribution in [0.15, 0.2) is 24.3 Å². The highest BCUT2D eigenvalue weighted by Crippen LogP contribution is 2.18. The first-order chi connectivity index (χ1) is 10.1. The molecule has 0 aromatic heterocycles. The molecule has 0 bridgehead atoms. The van der Waals surface area contributed by atoms with Crippen LogP contribution in [0.25, 0.3) is 0 Å². The van der Waals surface area contributed by atoms with Crippen LogP contribution in [0.1, 0.15) is 33.3 Å². The smallest absolute Gasteiger partial charge is 0.407 e. The monoisotopic (exact) mass is 439 g/mol. The lowest BCUT2D eigenvalue weighted by molar-refractivity contribution is -0.0246. The molecule has 124 valence electrons. The highest BCUT2D eigenvalue weighted by Gasteiger charge is 2.26. The van der Waals surface area contributed by atoms with E-state index in [2.05, 4.69) is 27.9 Å². The lowest BCUT2D eigenvalue weighted by Crippen LogP contribution is -2.45. The van der Waals surface area contributed by atoms with Crippen LogP contribution in [0.2, 0.25) is 5.02 Å². The molecule has 1 unspecified atom stereocenters. The van der Waals surface area contributed by atoms with Crippen molar-refractivity contribution in [2.75, 3.05) is 11.0 Å². The molecule has 6 heteroatoms. The molecule has 0 fully saturated rings. The zero-order valence-electron chi connectivity index (χ0n) is 13.4. The summed E-state index contributed by atoms with van der Waals surface area (Å²) in [5.74, 6) is 0. The third-order valence-corrected chi connectivity index (χ3v) is 4.65. The Balaban J connectivity index is 2.49. The number of hydrogen-bond donors (Lipinski definition) is 1. The number of halogens is 2. The molecule has 0 aliphatic carbocycles. The average molecular weight is 440 g/mol. The first-order valence-corrected chi connectivity index (χ1v) is 8.95. The number of alkyl halides is 1. The maximum atomic E-state index is 11.7. The van der Waals surface area contributed by atoms with Crippen molar-refractivity contribution < 1.29 is 14.3 Å². The van der Waals surface area contributed by atoms with Gasteiger partial charge in [0, 0.05) is 9.45 Å². The molecule has 0 saturated carbocycles. The maximum absolute atomic E-state index is 11.7. The van der Waals surface area contributed by atoms with Crippen molar-refractivity contribution in [1.82, 2.24) is 5.32 Å². The molecular weight excluding hydrogens is 417 g/mol. The summed E-state index contributed by atoms with van der Waals surface area (Å²) in [6, 6.07) is 7.52. The van der Waals surface area contributed by atoms with Crippen LogP contribution < -0.4 is 5.32 Å². The van der Waals surface area contributed by atoms with Gasteiger partial charge >= 0.3 is 6.09 Å². The molecule has 1 N–H and O–H groups in total.